The highest BCUT2D eigenvalue weighted by atomic mass is 19.1. The summed E-state index contributed by atoms with van der Waals surface area (Å²) in [5.74, 6) is -1.82. The molecule has 1 aromatic carbocycles. The van der Waals surface area contributed by atoms with E-state index in [0.717, 1.165) is 0 Å². The van der Waals surface area contributed by atoms with Crippen LogP contribution in [0.2, 0.25) is 0 Å². The monoisotopic (exact) mass is 293 g/mol. The van der Waals surface area contributed by atoms with E-state index in [4.69, 9.17) is 5.11 Å². The van der Waals surface area contributed by atoms with Crippen molar-refractivity contribution in [2.45, 2.75) is 44.6 Å². The molecule has 0 saturated heterocycles. The molecule has 0 aromatic heterocycles. The number of carbonyl (C=O) groups is 2. The van der Waals surface area contributed by atoms with E-state index >= 15 is 0 Å². The van der Waals surface area contributed by atoms with Gasteiger partial charge in [0.15, 0.2) is 0 Å². The Bertz CT molecular complexity index is 532. The van der Waals surface area contributed by atoms with Crippen molar-refractivity contribution < 1.29 is 19.1 Å². The minimum atomic E-state index is -0.800. The van der Waals surface area contributed by atoms with Crippen LogP contribution in [0.4, 0.5) is 4.39 Å². The number of benzene rings is 1. The zero-order chi connectivity index (χ0) is 15.4. The van der Waals surface area contributed by atoms with E-state index in [9.17, 15) is 14.0 Å². The summed E-state index contributed by atoms with van der Waals surface area (Å²) >= 11 is 0. The Balaban J connectivity index is 1.85. The molecule has 1 aromatic rings. The fourth-order valence-electron chi connectivity index (χ4n) is 2.89. The fraction of sp³-hybridized carbons (Fsp3) is 0.500. The van der Waals surface area contributed by atoms with Crippen LogP contribution in [0.1, 0.15) is 44.1 Å². The molecular weight excluding hydrogens is 273 g/mol. The van der Waals surface area contributed by atoms with Crippen molar-refractivity contribution >= 4 is 11.9 Å². The Morgan fingerprint density at radius 3 is 2.71 bits per heavy atom. The number of rotatable bonds is 5. The normalized spacial score (nSPS) is 22.8. The molecule has 2 rings (SSSR count). The molecule has 0 aliphatic heterocycles. The van der Waals surface area contributed by atoms with Crippen LogP contribution in [-0.4, -0.2) is 23.0 Å². The summed E-state index contributed by atoms with van der Waals surface area (Å²) in [4.78, 5) is 22.9. The zero-order valence-electron chi connectivity index (χ0n) is 12.0. The highest BCUT2D eigenvalue weighted by Gasteiger charge is 2.30. The van der Waals surface area contributed by atoms with Gasteiger partial charge in [-0.2, -0.15) is 0 Å². The minimum Gasteiger partial charge on any atom is -0.481 e. The number of hydrogen-bond acceptors (Lipinski definition) is 2. The molecule has 4 nitrogen and oxygen atoms in total. The summed E-state index contributed by atoms with van der Waals surface area (Å²) < 4.78 is 13.6. The van der Waals surface area contributed by atoms with Crippen LogP contribution < -0.4 is 5.32 Å². The first-order valence-electron chi connectivity index (χ1n) is 7.24. The van der Waals surface area contributed by atoms with Crippen molar-refractivity contribution in [1.82, 2.24) is 5.32 Å². The lowest BCUT2D eigenvalue weighted by molar-refractivity contribution is -0.141. The maximum absolute atomic E-state index is 13.6. The van der Waals surface area contributed by atoms with Gasteiger partial charge in [-0.05, 0) is 36.8 Å². The number of carbonyl (C=O) groups excluding carboxylic acids is 1. The van der Waals surface area contributed by atoms with Crippen LogP contribution in [0.25, 0.3) is 0 Å². The summed E-state index contributed by atoms with van der Waals surface area (Å²) in [7, 11) is 0. The second kappa shape index (κ2) is 6.70. The first-order chi connectivity index (χ1) is 9.97. The topological polar surface area (TPSA) is 66.4 Å². The predicted octanol–water partition coefficient (Wildman–Crippen LogP) is 2.69. The average Bonchev–Trinajstić information content (AvgIpc) is 2.87. The van der Waals surface area contributed by atoms with Crippen molar-refractivity contribution in [2.75, 3.05) is 0 Å². The molecular formula is C16H20FNO3. The molecule has 2 N–H and O–H groups in total. The van der Waals surface area contributed by atoms with E-state index in [0.29, 0.717) is 24.8 Å². The SMILES string of the molecule is CC(CC(=O)N[C@H]1CC[C@@H](C(=O)O)C1)c1ccccc1F. The Hall–Kier alpha value is -1.91. The number of aliphatic carboxylic acids is 1. The van der Waals surface area contributed by atoms with E-state index < -0.39 is 5.97 Å². The molecule has 1 unspecified atom stereocenters. The maximum atomic E-state index is 13.6. The van der Waals surface area contributed by atoms with Gasteiger partial charge in [0, 0.05) is 12.5 Å². The molecule has 1 saturated carbocycles. The van der Waals surface area contributed by atoms with Gasteiger partial charge in [-0.1, -0.05) is 25.1 Å². The van der Waals surface area contributed by atoms with Crippen LogP contribution in [0.3, 0.4) is 0 Å². The summed E-state index contributed by atoms with van der Waals surface area (Å²) in [6, 6.07) is 6.37. The van der Waals surface area contributed by atoms with Crippen molar-refractivity contribution in [3.63, 3.8) is 0 Å². The van der Waals surface area contributed by atoms with E-state index in [-0.39, 0.29) is 36.0 Å². The van der Waals surface area contributed by atoms with Gasteiger partial charge in [-0.3, -0.25) is 9.59 Å². The van der Waals surface area contributed by atoms with Crippen molar-refractivity contribution in [3.8, 4) is 0 Å². The zero-order valence-corrected chi connectivity index (χ0v) is 12.0. The molecule has 1 amide bonds. The number of hydrogen-bond donors (Lipinski definition) is 2. The van der Waals surface area contributed by atoms with Gasteiger partial charge < -0.3 is 10.4 Å². The van der Waals surface area contributed by atoms with Crippen LogP contribution in [0, 0.1) is 11.7 Å². The maximum Gasteiger partial charge on any atom is 0.306 e. The fourth-order valence-corrected chi connectivity index (χ4v) is 2.89. The third-order valence-corrected chi connectivity index (χ3v) is 4.07. The van der Waals surface area contributed by atoms with Crippen LogP contribution in [-0.2, 0) is 9.59 Å². The second-order valence-electron chi connectivity index (χ2n) is 5.74. The third-order valence-electron chi connectivity index (χ3n) is 4.07. The second-order valence-corrected chi connectivity index (χ2v) is 5.74. The van der Waals surface area contributed by atoms with Gasteiger partial charge in [0.05, 0.1) is 5.92 Å². The highest BCUT2D eigenvalue weighted by Crippen LogP contribution is 2.26. The molecule has 1 aliphatic rings. The minimum absolute atomic E-state index is 0.0774. The van der Waals surface area contributed by atoms with Gasteiger partial charge in [-0.25, -0.2) is 4.39 Å². The predicted molar refractivity (Wildman–Crippen MR) is 76.3 cm³/mol. The van der Waals surface area contributed by atoms with Gasteiger partial charge in [-0.15, -0.1) is 0 Å². The van der Waals surface area contributed by atoms with E-state index in [1.807, 2.05) is 6.92 Å². The standard InChI is InChI=1S/C16H20FNO3/c1-10(13-4-2-3-5-14(13)17)8-15(19)18-12-7-6-11(9-12)16(20)21/h2-5,10-12H,6-9H2,1H3,(H,18,19)(H,20,21)/t10?,11-,12+/m1/s1. The Labute approximate surface area is 123 Å². The lowest BCUT2D eigenvalue weighted by Gasteiger charge is -2.16. The highest BCUT2D eigenvalue weighted by molar-refractivity contribution is 5.77. The largest absolute Gasteiger partial charge is 0.481 e. The van der Waals surface area contributed by atoms with Gasteiger partial charge >= 0.3 is 5.97 Å². The van der Waals surface area contributed by atoms with Gasteiger partial charge in [0.25, 0.3) is 0 Å². The van der Waals surface area contributed by atoms with Crippen LogP contribution in [0.5, 0.6) is 0 Å². The molecule has 21 heavy (non-hydrogen) atoms. The number of halogens is 1. The van der Waals surface area contributed by atoms with Crippen molar-refractivity contribution in [1.29, 1.82) is 0 Å². The number of amides is 1. The lowest BCUT2D eigenvalue weighted by Crippen LogP contribution is -2.34. The van der Waals surface area contributed by atoms with Gasteiger partial charge in [0.1, 0.15) is 5.82 Å². The van der Waals surface area contributed by atoms with E-state index in [1.54, 1.807) is 18.2 Å². The van der Waals surface area contributed by atoms with Crippen molar-refractivity contribution in [3.05, 3.63) is 35.6 Å². The Morgan fingerprint density at radius 1 is 1.38 bits per heavy atom. The molecule has 114 valence electrons. The lowest BCUT2D eigenvalue weighted by atomic mass is 9.97. The molecule has 0 heterocycles. The summed E-state index contributed by atoms with van der Waals surface area (Å²) in [5, 5.41) is 11.8. The van der Waals surface area contributed by atoms with Crippen molar-refractivity contribution in [2.24, 2.45) is 5.92 Å². The smallest absolute Gasteiger partial charge is 0.306 e. The van der Waals surface area contributed by atoms with E-state index in [1.165, 1.54) is 6.07 Å². The quantitative estimate of drug-likeness (QED) is 0.877. The molecule has 0 radical (unpaired) electrons. The molecule has 0 bridgehead atoms. The molecule has 3 atom stereocenters. The summed E-state index contributed by atoms with van der Waals surface area (Å²) in [6.07, 6.45) is 1.98. The Kier molecular flexibility index (Phi) is 4.94. The first-order valence-corrected chi connectivity index (χ1v) is 7.24. The molecule has 5 heteroatoms. The van der Waals surface area contributed by atoms with Gasteiger partial charge in [0.2, 0.25) is 5.91 Å². The average molecular weight is 293 g/mol. The molecule has 1 aliphatic carbocycles. The van der Waals surface area contributed by atoms with E-state index in [2.05, 4.69) is 5.32 Å². The number of nitrogens with one attached hydrogen (secondary N) is 1. The van der Waals surface area contributed by atoms with Crippen LogP contribution in [0.15, 0.2) is 24.3 Å². The summed E-state index contributed by atoms with van der Waals surface area (Å²) in [5.41, 5.74) is 0.530. The summed E-state index contributed by atoms with van der Waals surface area (Å²) in [6.45, 7) is 1.81. The number of carboxylic acid groups (broad SMARTS) is 1. The Morgan fingerprint density at radius 2 is 2.10 bits per heavy atom. The van der Waals surface area contributed by atoms with Crippen LogP contribution >= 0.6 is 0 Å². The first kappa shape index (κ1) is 15.5. The molecule has 0 spiro atoms. The third kappa shape index (κ3) is 4.03. The number of carboxylic acids is 1. The molecule has 1 fully saturated rings.